The predicted octanol–water partition coefficient (Wildman–Crippen LogP) is 3.87. The van der Waals surface area contributed by atoms with E-state index in [9.17, 15) is 0 Å². The number of hydrogen-bond donors (Lipinski definition) is 0. The fraction of sp³-hybridized carbons (Fsp3) is 0.500. The topological polar surface area (TPSA) is 9.23 Å². The van der Waals surface area contributed by atoms with Gasteiger partial charge >= 0.3 is 0 Å². The first-order valence-corrected chi connectivity index (χ1v) is 5.48. The third-order valence-electron chi connectivity index (χ3n) is 3.02. The van der Waals surface area contributed by atoms with Crippen molar-refractivity contribution in [2.45, 2.75) is 31.1 Å². The van der Waals surface area contributed by atoms with Crippen LogP contribution in [0.25, 0.3) is 0 Å². The average molecular weight is 211 g/mol. The van der Waals surface area contributed by atoms with E-state index in [4.69, 9.17) is 16.3 Å². The molecule has 2 atom stereocenters. The molecule has 2 unspecified atom stereocenters. The minimum absolute atomic E-state index is 0.163. The number of halogens is 1. The number of methoxy groups -OCH3 is 1. The van der Waals surface area contributed by atoms with E-state index in [1.54, 1.807) is 7.11 Å². The highest BCUT2D eigenvalue weighted by atomic mass is 35.5. The van der Waals surface area contributed by atoms with Gasteiger partial charge in [0, 0.05) is 0 Å². The highest BCUT2D eigenvalue weighted by molar-refractivity contribution is 6.21. The largest absolute Gasteiger partial charge is 0.497 e. The summed E-state index contributed by atoms with van der Waals surface area (Å²) in [5, 5.41) is 0.163. The van der Waals surface area contributed by atoms with E-state index in [-0.39, 0.29) is 5.38 Å². The number of fused-ring (bicyclic) bond motifs is 1. The van der Waals surface area contributed by atoms with Crippen LogP contribution in [0.5, 0.6) is 5.75 Å². The molecule has 1 aliphatic carbocycles. The number of ether oxygens (including phenoxy) is 1. The van der Waals surface area contributed by atoms with Crippen molar-refractivity contribution < 1.29 is 4.74 Å². The lowest BCUT2D eigenvalue weighted by molar-refractivity contribution is 0.413. The molecule has 0 N–H and O–H groups in total. The van der Waals surface area contributed by atoms with Crippen molar-refractivity contribution in [2.24, 2.45) is 0 Å². The van der Waals surface area contributed by atoms with Crippen LogP contribution in [-0.2, 0) is 0 Å². The Morgan fingerprint density at radius 3 is 2.79 bits per heavy atom. The maximum absolute atomic E-state index is 6.29. The zero-order valence-electron chi connectivity index (χ0n) is 8.59. The number of rotatable bonds is 1. The van der Waals surface area contributed by atoms with Gasteiger partial charge in [0.25, 0.3) is 0 Å². The smallest absolute Gasteiger partial charge is 0.119 e. The fourth-order valence-corrected chi connectivity index (χ4v) is 2.42. The van der Waals surface area contributed by atoms with Crippen molar-refractivity contribution in [3.05, 3.63) is 29.3 Å². The molecule has 2 rings (SSSR count). The summed E-state index contributed by atoms with van der Waals surface area (Å²) in [7, 11) is 1.69. The Balaban J connectivity index is 2.45. The van der Waals surface area contributed by atoms with Crippen LogP contribution < -0.4 is 4.74 Å². The van der Waals surface area contributed by atoms with Crippen molar-refractivity contribution in [1.82, 2.24) is 0 Å². The lowest BCUT2D eigenvalue weighted by Gasteiger charge is -2.26. The molecule has 0 aliphatic heterocycles. The molecule has 0 bridgehead atoms. The van der Waals surface area contributed by atoms with Crippen molar-refractivity contribution >= 4 is 11.6 Å². The van der Waals surface area contributed by atoms with Crippen LogP contribution in [0.3, 0.4) is 0 Å². The van der Waals surface area contributed by atoms with Crippen molar-refractivity contribution in [3.63, 3.8) is 0 Å². The molecule has 2 heteroatoms. The lowest BCUT2D eigenvalue weighted by atomic mass is 9.83. The van der Waals surface area contributed by atoms with Crippen molar-refractivity contribution in [3.8, 4) is 5.75 Å². The summed E-state index contributed by atoms with van der Waals surface area (Å²) in [6, 6.07) is 6.24. The van der Waals surface area contributed by atoms with E-state index >= 15 is 0 Å². The zero-order chi connectivity index (χ0) is 10.1. The van der Waals surface area contributed by atoms with Crippen LogP contribution in [0.2, 0.25) is 0 Å². The van der Waals surface area contributed by atoms with E-state index < -0.39 is 0 Å². The van der Waals surface area contributed by atoms with Gasteiger partial charge in [-0.25, -0.2) is 0 Å². The Bertz CT molecular complexity index is 335. The molecule has 0 amide bonds. The maximum atomic E-state index is 6.29. The van der Waals surface area contributed by atoms with Gasteiger partial charge in [-0.15, -0.1) is 11.6 Å². The van der Waals surface area contributed by atoms with Crippen LogP contribution in [0.1, 0.15) is 42.2 Å². The monoisotopic (exact) mass is 210 g/mol. The number of benzene rings is 1. The first kappa shape index (κ1) is 9.85. The van der Waals surface area contributed by atoms with Crippen LogP contribution >= 0.6 is 11.6 Å². The first-order chi connectivity index (χ1) is 6.72. The fourth-order valence-electron chi connectivity index (χ4n) is 2.11. The Hall–Kier alpha value is -0.690. The molecule has 0 fully saturated rings. The third-order valence-corrected chi connectivity index (χ3v) is 3.47. The van der Waals surface area contributed by atoms with Gasteiger partial charge in [-0.1, -0.05) is 13.0 Å². The van der Waals surface area contributed by atoms with Crippen LogP contribution in [-0.4, -0.2) is 7.11 Å². The van der Waals surface area contributed by atoms with Gasteiger partial charge in [0.2, 0.25) is 0 Å². The molecule has 0 aromatic heterocycles. The van der Waals surface area contributed by atoms with Gasteiger partial charge in [-0.3, -0.25) is 0 Å². The standard InChI is InChI=1S/C12H15ClO/c1-8-3-6-12(13)11-7-9(14-2)4-5-10(8)11/h4-5,7-8,12H,3,6H2,1-2H3. The minimum atomic E-state index is 0.163. The van der Waals surface area contributed by atoms with Gasteiger partial charge in [-0.2, -0.15) is 0 Å². The molecule has 0 radical (unpaired) electrons. The minimum Gasteiger partial charge on any atom is -0.497 e. The second kappa shape index (κ2) is 3.82. The number of hydrogen-bond acceptors (Lipinski definition) is 1. The number of alkyl halides is 1. The third kappa shape index (κ3) is 1.61. The molecule has 76 valence electrons. The zero-order valence-corrected chi connectivity index (χ0v) is 9.34. The summed E-state index contributed by atoms with van der Waals surface area (Å²) in [4.78, 5) is 0. The molecule has 1 nitrogen and oxygen atoms in total. The summed E-state index contributed by atoms with van der Waals surface area (Å²) in [5.74, 6) is 1.54. The van der Waals surface area contributed by atoms with E-state index in [1.165, 1.54) is 17.5 Å². The predicted molar refractivity (Wildman–Crippen MR) is 59.2 cm³/mol. The molecular formula is C12H15ClO. The van der Waals surface area contributed by atoms with E-state index in [0.29, 0.717) is 5.92 Å². The van der Waals surface area contributed by atoms with E-state index in [1.807, 2.05) is 6.07 Å². The second-order valence-electron chi connectivity index (χ2n) is 3.94. The summed E-state index contributed by atoms with van der Waals surface area (Å²) >= 11 is 6.29. The van der Waals surface area contributed by atoms with Crippen LogP contribution in [0.4, 0.5) is 0 Å². The van der Waals surface area contributed by atoms with Crippen LogP contribution in [0.15, 0.2) is 18.2 Å². The molecule has 1 aromatic rings. The van der Waals surface area contributed by atoms with Gasteiger partial charge in [0.05, 0.1) is 12.5 Å². The molecule has 0 spiro atoms. The van der Waals surface area contributed by atoms with E-state index in [0.717, 1.165) is 12.2 Å². The second-order valence-corrected chi connectivity index (χ2v) is 4.47. The van der Waals surface area contributed by atoms with Crippen molar-refractivity contribution in [2.75, 3.05) is 7.11 Å². The molecular weight excluding hydrogens is 196 g/mol. The Morgan fingerprint density at radius 2 is 2.07 bits per heavy atom. The van der Waals surface area contributed by atoms with Gasteiger partial charge in [-0.05, 0) is 42.0 Å². The highest BCUT2D eigenvalue weighted by Gasteiger charge is 2.23. The Kier molecular flexibility index (Phi) is 2.69. The Labute approximate surface area is 90.0 Å². The molecule has 1 aromatic carbocycles. The highest BCUT2D eigenvalue weighted by Crippen LogP contribution is 2.41. The van der Waals surface area contributed by atoms with Crippen LogP contribution in [0, 0.1) is 0 Å². The molecule has 14 heavy (non-hydrogen) atoms. The summed E-state index contributed by atoms with van der Waals surface area (Å²) in [5.41, 5.74) is 2.64. The quantitative estimate of drug-likeness (QED) is 0.640. The lowest BCUT2D eigenvalue weighted by Crippen LogP contribution is -2.09. The van der Waals surface area contributed by atoms with Crippen molar-refractivity contribution in [1.29, 1.82) is 0 Å². The molecule has 0 saturated carbocycles. The first-order valence-electron chi connectivity index (χ1n) is 5.04. The normalized spacial score (nSPS) is 25.6. The molecule has 1 aliphatic rings. The average Bonchev–Trinajstić information content (AvgIpc) is 2.23. The molecule has 0 saturated heterocycles. The maximum Gasteiger partial charge on any atom is 0.119 e. The van der Waals surface area contributed by atoms with Gasteiger partial charge in [0.15, 0.2) is 0 Å². The van der Waals surface area contributed by atoms with E-state index in [2.05, 4.69) is 19.1 Å². The summed E-state index contributed by atoms with van der Waals surface area (Å²) < 4.78 is 5.21. The van der Waals surface area contributed by atoms with Gasteiger partial charge < -0.3 is 4.74 Å². The Morgan fingerprint density at radius 1 is 1.29 bits per heavy atom. The SMILES string of the molecule is COc1ccc2c(c1)C(Cl)CCC2C. The van der Waals surface area contributed by atoms with Gasteiger partial charge in [0.1, 0.15) is 5.75 Å². The summed E-state index contributed by atoms with van der Waals surface area (Å²) in [6.45, 7) is 2.26. The molecule has 0 heterocycles. The summed E-state index contributed by atoms with van der Waals surface area (Å²) in [6.07, 6.45) is 2.26.